The van der Waals surface area contributed by atoms with Gasteiger partial charge in [0.25, 0.3) is 0 Å². The molecule has 1 heterocycles. The number of amides is 1. The lowest BCUT2D eigenvalue weighted by atomic mass is 10.2. The van der Waals surface area contributed by atoms with Gasteiger partial charge in [-0.1, -0.05) is 0 Å². The zero-order chi connectivity index (χ0) is 13.3. The van der Waals surface area contributed by atoms with Crippen LogP contribution in [0.3, 0.4) is 0 Å². The van der Waals surface area contributed by atoms with Crippen LogP contribution in [0.2, 0.25) is 0 Å². The quantitative estimate of drug-likeness (QED) is 0.898. The van der Waals surface area contributed by atoms with Crippen LogP contribution < -0.4 is 5.32 Å². The molecule has 0 saturated heterocycles. The molecule has 1 aliphatic carbocycles. The number of nitrogens with zero attached hydrogens (tertiary/aromatic N) is 2. The van der Waals surface area contributed by atoms with Crippen molar-refractivity contribution in [1.29, 1.82) is 0 Å². The summed E-state index contributed by atoms with van der Waals surface area (Å²) in [5.41, 5.74) is -0.981. The lowest BCUT2D eigenvalue weighted by molar-refractivity contribution is -0.141. The van der Waals surface area contributed by atoms with Gasteiger partial charge in [0, 0.05) is 12.2 Å². The highest BCUT2D eigenvalue weighted by atomic mass is 19.4. The van der Waals surface area contributed by atoms with Gasteiger partial charge in [0.1, 0.15) is 6.54 Å². The Morgan fingerprint density at radius 3 is 2.78 bits per heavy atom. The molecule has 18 heavy (non-hydrogen) atoms. The van der Waals surface area contributed by atoms with E-state index in [1.54, 1.807) is 0 Å². The zero-order valence-electron chi connectivity index (χ0n) is 9.87. The van der Waals surface area contributed by atoms with Crippen molar-refractivity contribution in [3.05, 3.63) is 18.0 Å². The molecule has 0 radical (unpaired) electrons. The van der Waals surface area contributed by atoms with Crippen molar-refractivity contribution in [2.45, 2.75) is 38.5 Å². The Morgan fingerprint density at radius 1 is 1.61 bits per heavy atom. The Labute approximate surface area is 102 Å². The number of hydrogen-bond acceptors (Lipinski definition) is 2. The summed E-state index contributed by atoms with van der Waals surface area (Å²) in [6, 6.07) is 0.938. The maximum Gasteiger partial charge on any atom is 0.435 e. The Kier molecular flexibility index (Phi) is 3.32. The fraction of sp³-hybridized carbons (Fsp3) is 0.636. The van der Waals surface area contributed by atoms with Gasteiger partial charge in [0.2, 0.25) is 5.91 Å². The van der Waals surface area contributed by atoms with Gasteiger partial charge in [-0.3, -0.25) is 9.48 Å². The highest BCUT2D eigenvalue weighted by molar-refractivity contribution is 5.75. The minimum absolute atomic E-state index is 0.0788. The Morgan fingerprint density at radius 2 is 2.28 bits per heavy atom. The van der Waals surface area contributed by atoms with Crippen molar-refractivity contribution in [2.24, 2.45) is 5.92 Å². The second-order valence-electron chi connectivity index (χ2n) is 4.59. The molecule has 0 aliphatic heterocycles. The molecule has 0 spiro atoms. The van der Waals surface area contributed by atoms with Crippen molar-refractivity contribution in [3.8, 4) is 0 Å². The number of alkyl halides is 3. The van der Waals surface area contributed by atoms with Gasteiger partial charge in [-0.25, -0.2) is 0 Å². The number of carbonyl (C=O) groups is 1. The van der Waals surface area contributed by atoms with Crippen LogP contribution in [0.25, 0.3) is 0 Å². The van der Waals surface area contributed by atoms with Crippen molar-refractivity contribution >= 4 is 5.91 Å². The zero-order valence-corrected chi connectivity index (χ0v) is 9.87. The maximum atomic E-state index is 12.3. The third-order valence-electron chi connectivity index (χ3n) is 2.95. The first-order chi connectivity index (χ1) is 8.36. The van der Waals surface area contributed by atoms with Gasteiger partial charge in [0.15, 0.2) is 5.69 Å². The van der Waals surface area contributed by atoms with Crippen LogP contribution in [0, 0.1) is 5.92 Å². The van der Waals surface area contributed by atoms with Crippen LogP contribution in [-0.2, 0) is 17.5 Å². The highest BCUT2D eigenvalue weighted by Gasteiger charge is 2.34. The smallest absolute Gasteiger partial charge is 0.352 e. The second-order valence-corrected chi connectivity index (χ2v) is 4.59. The van der Waals surface area contributed by atoms with E-state index in [1.165, 1.54) is 0 Å². The molecular formula is C11H14F3N3O. The van der Waals surface area contributed by atoms with Crippen molar-refractivity contribution in [2.75, 3.05) is 0 Å². The SMILES string of the molecule is CC(NC(=O)Cn1ccc(C(F)(F)F)n1)C1CC1. The summed E-state index contributed by atoms with van der Waals surface area (Å²) in [5.74, 6) is 0.198. The number of nitrogens with one attached hydrogen (secondary N) is 1. The first-order valence-electron chi connectivity index (χ1n) is 5.76. The van der Waals surface area contributed by atoms with Gasteiger partial charge in [-0.2, -0.15) is 18.3 Å². The number of halogens is 3. The van der Waals surface area contributed by atoms with Gasteiger partial charge in [-0.05, 0) is 31.7 Å². The summed E-state index contributed by atoms with van der Waals surface area (Å²) in [6.45, 7) is 1.72. The summed E-state index contributed by atoms with van der Waals surface area (Å²) in [6.07, 6.45) is -1.11. The molecule has 2 rings (SSSR count). The van der Waals surface area contributed by atoms with Crippen LogP contribution in [0.1, 0.15) is 25.5 Å². The predicted octanol–water partition coefficient (Wildman–Crippen LogP) is 1.82. The molecule has 100 valence electrons. The van der Waals surface area contributed by atoms with E-state index in [2.05, 4.69) is 10.4 Å². The van der Waals surface area contributed by atoms with E-state index in [9.17, 15) is 18.0 Å². The minimum atomic E-state index is -4.47. The van der Waals surface area contributed by atoms with Gasteiger partial charge in [0.05, 0.1) is 0 Å². The lowest BCUT2D eigenvalue weighted by Gasteiger charge is -2.12. The first kappa shape index (κ1) is 12.9. The van der Waals surface area contributed by atoms with Crippen LogP contribution >= 0.6 is 0 Å². The van der Waals surface area contributed by atoms with E-state index in [0.29, 0.717) is 5.92 Å². The first-order valence-corrected chi connectivity index (χ1v) is 5.76. The average Bonchev–Trinajstić information content (AvgIpc) is 2.98. The van der Waals surface area contributed by atoms with Crippen molar-refractivity contribution < 1.29 is 18.0 Å². The molecule has 1 N–H and O–H groups in total. The van der Waals surface area contributed by atoms with Gasteiger partial charge in [-0.15, -0.1) is 0 Å². The molecule has 4 nitrogen and oxygen atoms in total. The summed E-state index contributed by atoms with van der Waals surface area (Å²) >= 11 is 0. The predicted molar refractivity (Wildman–Crippen MR) is 57.6 cm³/mol. The minimum Gasteiger partial charge on any atom is -0.352 e. The molecule has 1 amide bonds. The fourth-order valence-corrected chi connectivity index (χ4v) is 1.76. The van der Waals surface area contributed by atoms with Gasteiger partial charge < -0.3 is 5.32 Å². The summed E-state index contributed by atoms with van der Waals surface area (Å²) in [7, 11) is 0. The summed E-state index contributed by atoms with van der Waals surface area (Å²) in [4.78, 5) is 11.6. The summed E-state index contributed by atoms with van der Waals surface area (Å²) < 4.78 is 37.9. The monoisotopic (exact) mass is 261 g/mol. The van der Waals surface area contributed by atoms with Crippen LogP contribution in [0.15, 0.2) is 12.3 Å². The largest absolute Gasteiger partial charge is 0.435 e. The second kappa shape index (κ2) is 4.62. The van der Waals surface area contributed by atoms with Crippen LogP contribution in [-0.4, -0.2) is 21.7 Å². The third kappa shape index (κ3) is 3.24. The summed E-state index contributed by atoms with van der Waals surface area (Å²) in [5, 5.41) is 6.08. The molecule has 1 aliphatic rings. The Hall–Kier alpha value is -1.53. The molecule has 0 aromatic carbocycles. The standard InChI is InChI=1S/C11H14F3N3O/c1-7(8-2-3-8)15-10(18)6-17-5-4-9(16-17)11(12,13)14/h4-5,7-8H,2-3,6H2,1H3,(H,15,18). The molecule has 1 unspecified atom stereocenters. The molecule has 1 atom stereocenters. The average molecular weight is 261 g/mol. The Balaban J connectivity index is 1.88. The number of aromatic nitrogens is 2. The van der Waals surface area contributed by atoms with E-state index >= 15 is 0 Å². The van der Waals surface area contributed by atoms with E-state index in [1.807, 2.05) is 6.92 Å². The molecule has 1 aromatic heterocycles. The molecular weight excluding hydrogens is 247 g/mol. The number of carbonyl (C=O) groups excluding carboxylic acids is 1. The lowest BCUT2D eigenvalue weighted by Crippen LogP contribution is -2.36. The van der Waals surface area contributed by atoms with E-state index in [-0.39, 0.29) is 18.5 Å². The normalized spacial score (nSPS) is 17.6. The topological polar surface area (TPSA) is 46.9 Å². The van der Waals surface area contributed by atoms with E-state index in [0.717, 1.165) is 29.8 Å². The highest BCUT2D eigenvalue weighted by Crippen LogP contribution is 2.32. The third-order valence-corrected chi connectivity index (χ3v) is 2.95. The molecule has 1 aromatic rings. The molecule has 0 bridgehead atoms. The van der Waals surface area contributed by atoms with Crippen LogP contribution in [0.4, 0.5) is 13.2 Å². The number of rotatable bonds is 4. The number of hydrogen-bond donors (Lipinski definition) is 1. The maximum absolute atomic E-state index is 12.3. The fourth-order valence-electron chi connectivity index (χ4n) is 1.76. The molecule has 1 fully saturated rings. The Bertz CT molecular complexity index is 437. The molecule has 7 heteroatoms. The van der Waals surface area contributed by atoms with Crippen molar-refractivity contribution in [3.63, 3.8) is 0 Å². The van der Waals surface area contributed by atoms with Gasteiger partial charge >= 0.3 is 6.18 Å². The van der Waals surface area contributed by atoms with Crippen LogP contribution in [0.5, 0.6) is 0 Å². The van der Waals surface area contributed by atoms with E-state index in [4.69, 9.17) is 0 Å². The van der Waals surface area contributed by atoms with E-state index < -0.39 is 11.9 Å². The van der Waals surface area contributed by atoms with Crippen molar-refractivity contribution in [1.82, 2.24) is 15.1 Å². The molecule has 1 saturated carbocycles.